The molecule has 0 bridgehead atoms. The number of hydrogen-bond donors (Lipinski definition) is 5. The number of rotatable bonds is 8. The lowest BCUT2D eigenvalue weighted by molar-refractivity contribution is -0.383. The molecule has 14 nitrogen and oxygen atoms in total. The van der Waals surface area contributed by atoms with Crippen LogP contribution < -0.4 is 0 Å². The monoisotopic (exact) mass is 468 g/mol. The van der Waals surface area contributed by atoms with Crippen molar-refractivity contribution in [3.63, 3.8) is 0 Å². The van der Waals surface area contributed by atoms with Crippen molar-refractivity contribution in [2.45, 2.75) is 75.6 Å². The van der Waals surface area contributed by atoms with Crippen molar-refractivity contribution >= 4 is 17.9 Å². The number of carbonyl (C=O) groups is 3. The zero-order valence-corrected chi connectivity index (χ0v) is 17.7. The molecule has 0 spiro atoms. The Balaban J connectivity index is 2.30. The van der Waals surface area contributed by atoms with E-state index in [9.17, 15) is 39.9 Å². The first kappa shape index (κ1) is 26.3. The minimum Gasteiger partial charge on any atom is -0.463 e. The molecule has 0 aromatic carbocycles. The zero-order chi connectivity index (χ0) is 24.2. The molecule has 0 radical (unpaired) electrons. The molecule has 0 saturated carbocycles. The van der Waals surface area contributed by atoms with Crippen LogP contribution in [0.3, 0.4) is 0 Å². The van der Waals surface area contributed by atoms with Gasteiger partial charge in [0.1, 0.15) is 43.7 Å². The molecular weight excluding hydrogens is 440 g/mol. The Labute approximate surface area is 182 Å². The highest BCUT2D eigenvalue weighted by atomic mass is 16.8. The second kappa shape index (κ2) is 10.8. The van der Waals surface area contributed by atoms with E-state index in [-0.39, 0.29) is 0 Å². The summed E-state index contributed by atoms with van der Waals surface area (Å²) >= 11 is 0. The largest absolute Gasteiger partial charge is 0.463 e. The summed E-state index contributed by atoms with van der Waals surface area (Å²) in [6, 6.07) is 0. The molecule has 2 saturated heterocycles. The van der Waals surface area contributed by atoms with Crippen LogP contribution >= 0.6 is 0 Å². The van der Waals surface area contributed by atoms with E-state index in [2.05, 4.69) is 0 Å². The van der Waals surface area contributed by atoms with Gasteiger partial charge in [0, 0.05) is 20.8 Å². The van der Waals surface area contributed by atoms with Crippen LogP contribution in [0.2, 0.25) is 0 Å². The Kier molecular flexibility index (Phi) is 8.90. The van der Waals surface area contributed by atoms with Crippen LogP contribution in [0.15, 0.2) is 0 Å². The molecule has 2 unspecified atom stereocenters. The Bertz CT molecular complexity index is 685. The van der Waals surface area contributed by atoms with Crippen molar-refractivity contribution in [2.75, 3.05) is 19.8 Å². The van der Waals surface area contributed by atoms with Gasteiger partial charge >= 0.3 is 17.9 Å². The fraction of sp³-hybridized carbons (Fsp3) is 0.833. The smallest absolute Gasteiger partial charge is 0.303 e. The molecule has 0 aliphatic carbocycles. The quantitative estimate of drug-likeness (QED) is 0.172. The number of carbonyl (C=O) groups excluding carboxylic acids is 3. The first-order valence-electron chi connectivity index (χ1n) is 9.70. The molecule has 32 heavy (non-hydrogen) atoms. The average Bonchev–Trinajstić information content (AvgIpc) is 2.97. The highest BCUT2D eigenvalue weighted by molar-refractivity contribution is 5.67. The van der Waals surface area contributed by atoms with Gasteiger partial charge in [-0.3, -0.25) is 14.4 Å². The van der Waals surface area contributed by atoms with Gasteiger partial charge in [-0.2, -0.15) is 0 Å². The summed E-state index contributed by atoms with van der Waals surface area (Å²) in [5, 5.41) is 50.9. The molecule has 2 rings (SSSR count). The summed E-state index contributed by atoms with van der Waals surface area (Å²) in [5.41, 5.74) is 0. The average molecular weight is 468 g/mol. The van der Waals surface area contributed by atoms with Gasteiger partial charge in [-0.25, -0.2) is 0 Å². The van der Waals surface area contributed by atoms with Crippen LogP contribution in [0.25, 0.3) is 0 Å². The van der Waals surface area contributed by atoms with Gasteiger partial charge in [-0.15, -0.1) is 0 Å². The summed E-state index contributed by atoms with van der Waals surface area (Å²) in [7, 11) is 0. The molecule has 5 N–H and O–H groups in total. The van der Waals surface area contributed by atoms with Gasteiger partial charge < -0.3 is 54.0 Å². The molecule has 9 atom stereocenters. The van der Waals surface area contributed by atoms with E-state index in [0.717, 1.165) is 20.8 Å². The van der Waals surface area contributed by atoms with E-state index in [1.54, 1.807) is 0 Å². The molecule has 14 heteroatoms. The molecule has 2 aliphatic heterocycles. The number of hydrogen-bond acceptors (Lipinski definition) is 14. The molecule has 0 aromatic heterocycles. The highest BCUT2D eigenvalue weighted by Crippen LogP contribution is 2.38. The van der Waals surface area contributed by atoms with Crippen LogP contribution in [0.1, 0.15) is 20.8 Å². The van der Waals surface area contributed by atoms with Gasteiger partial charge in [0.05, 0.1) is 6.61 Å². The van der Waals surface area contributed by atoms with Gasteiger partial charge in [-0.1, -0.05) is 0 Å². The van der Waals surface area contributed by atoms with E-state index in [0.29, 0.717) is 0 Å². The van der Waals surface area contributed by atoms with Crippen LogP contribution in [0, 0.1) is 0 Å². The van der Waals surface area contributed by atoms with Gasteiger partial charge in [0.2, 0.25) is 5.79 Å². The lowest BCUT2D eigenvalue weighted by atomic mass is 9.98. The Morgan fingerprint density at radius 2 is 1.47 bits per heavy atom. The van der Waals surface area contributed by atoms with Crippen LogP contribution in [0.5, 0.6) is 0 Å². The summed E-state index contributed by atoms with van der Waals surface area (Å²) in [5.74, 6) is -4.70. The normalized spacial score (nSPS) is 39.4. The van der Waals surface area contributed by atoms with E-state index < -0.39 is 92.5 Å². The summed E-state index contributed by atoms with van der Waals surface area (Å²) in [6.45, 7) is 0.925. The van der Waals surface area contributed by atoms with Crippen molar-refractivity contribution in [1.82, 2.24) is 0 Å². The second-order valence-corrected chi connectivity index (χ2v) is 7.35. The van der Waals surface area contributed by atoms with E-state index in [1.165, 1.54) is 0 Å². The van der Waals surface area contributed by atoms with Crippen molar-refractivity contribution in [3.8, 4) is 0 Å². The van der Waals surface area contributed by atoms with Gasteiger partial charge in [0.25, 0.3) is 0 Å². The fourth-order valence-electron chi connectivity index (χ4n) is 3.45. The highest BCUT2D eigenvalue weighted by Gasteiger charge is 2.60. The van der Waals surface area contributed by atoms with Crippen molar-refractivity contribution in [2.24, 2.45) is 0 Å². The van der Waals surface area contributed by atoms with Crippen LogP contribution in [-0.2, 0) is 42.8 Å². The molecule has 184 valence electrons. The van der Waals surface area contributed by atoms with Gasteiger partial charge in [0.15, 0.2) is 18.5 Å². The maximum atomic E-state index is 11.5. The number of aliphatic hydroxyl groups excluding tert-OH is 5. The predicted molar refractivity (Wildman–Crippen MR) is 97.3 cm³/mol. The molecule has 0 amide bonds. The molecule has 0 aromatic rings. The third-order valence-electron chi connectivity index (χ3n) is 4.89. The lowest BCUT2D eigenvalue weighted by Crippen LogP contribution is -2.63. The van der Waals surface area contributed by atoms with Crippen molar-refractivity contribution in [3.05, 3.63) is 0 Å². The minimum absolute atomic E-state index is 0.475. The van der Waals surface area contributed by atoms with Crippen LogP contribution in [0.4, 0.5) is 0 Å². The first-order valence-corrected chi connectivity index (χ1v) is 9.70. The zero-order valence-electron chi connectivity index (χ0n) is 17.7. The topological polar surface area (TPSA) is 208 Å². The maximum absolute atomic E-state index is 11.5. The summed E-state index contributed by atoms with van der Waals surface area (Å²) < 4.78 is 31.1. The van der Waals surface area contributed by atoms with Crippen molar-refractivity contribution < 1.29 is 68.3 Å². The molecule has 2 fully saturated rings. The Morgan fingerprint density at radius 1 is 0.875 bits per heavy atom. The predicted octanol–water partition coefficient (Wildman–Crippen LogP) is -3.68. The fourth-order valence-corrected chi connectivity index (χ4v) is 3.45. The summed E-state index contributed by atoms with van der Waals surface area (Å²) in [6.07, 6.45) is -12.8. The summed E-state index contributed by atoms with van der Waals surface area (Å²) in [4.78, 5) is 34.0. The third kappa shape index (κ3) is 5.71. The van der Waals surface area contributed by atoms with E-state index in [1.807, 2.05) is 0 Å². The molecule has 2 aliphatic rings. The maximum Gasteiger partial charge on any atom is 0.303 e. The Morgan fingerprint density at radius 3 is 1.97 bits per heavy atom. The SMILES string of the molecule is CC(=O)OC[C@H]1OC(CO)(OC2O[C@H](CO)[C@@H](O)[C@H](OC(C)=O)[C@H]2O)[C@@H](O)[C@@H]1OC(C)=O. The number of esters is 3. The first-order chi connectivity index (χ1) is 15.0. The minimum atomic E-state index is -2.35. The van der Waals surface area contributed by atoms with E-state index in [4.69, 9.17) is 28.4 Å². The lowest BCUT2D eigenvalue weighted by Gasteiger charge is -2.44. The van der Waals surface area contributed by atoms with Gasteiger partial charge in [-0.05, 0) is 0 Å². The molecule has 2 heterocycles. The third-order valence-corrected chi connectivity index (χ3v) is 4.89. The van der Waals surface area contributed by atoms with E-state index >= 15 is 0 Å². The number of ether oxygens (including phenoxy) is 6. The Hall–Kier alpha value is -1.91. The second-order valence-electron chi connectivity index (χ2n) is 7.35. The van der Waals surface area contributed by atoms with Crippen LogP contribution in [-0.4, -0.2) is 118 Å². The standard InChI is InChI=1S/C18H28O14/c1-7(21)27-5-11-14(28-8(2)22)16(26)18(6-20,31-11)32-17-13(25)15(29-9(3)23)12(24)10(4-19)30-17/h10-17,19-20,24-26H,4-6H2,1-3H3/t10-,11-,12-,13-,14-,15+,16+,17?,18?/m1/s1. The molecular formula is C18H28O14. The van der Waals surface area contributed by atoms with Crippen molar-refractivity contribution in [1.29, 1.82) is 0 Å². The number of aliphatic hydroxyl groups is 5.